The molecule has 0 saturated heterocycles. The van der Waals surface area contributed by atoms with E-state index in [9.17, 15) is 0 Å². The lowest BCUT2D eigenvalue weighted by Crippen LogP contribution is -2.01. The van der Waals surface area contributed by atoms with E-state index >= 15 is 0 Å². The van der Waals surface area contributed by atoms with Crippen molar-refractivity contribution in [3.05, 3.63) is 11.1 Å². The summed E-state index contributed by atoms with van der Waals surface area (Å²) in [7, 11) is 1.64. The summed E-state index contributed by atoms with van der Waals surface area (Å²) >= 11 is 0. The van der Waals surface area contributed by atoms with E-state index in [2.05, 4.69) is 20.8 Å². The summed E-state index contributed by atoms with van der Waals surface area (Å²) in [5.74, 6) is 0. The van der Waals surface area contributed by atoms with Crippen LogP contribution in [0, 0.1) is 0 Å². The summed E-state index contributed by atoms with van der Waals surface area (Å²) in [4.78, 5) is 0. The first-order valence-corrected chi connectivity index (χ1v) is 8.66. The molecule has 1 aliphatic rings. The standard InChI is InChI=1S/C16H29P/c1-4-7-10-14-13-17-16(12-9-6-3)15(14)11-8-5-2/h4-13H2,1-3H3. The number of unbranched alkanes of at least 4 members (excludes halogenated alkanes) is 3. The fraction of sp³-hybridized carbons (Fsp3) is 0.812. The molecule has 0 radical (unpaired) electrons. The van der Waals surface area contributed by atoms with Gasteiger partial charge in [-0.15, -0.1) is 0 Å². The van der Waals surface area contributed by atoms with Gasteiger partial charge in [0.15, 0.2) is 0 Å². The Kier molecular flexibility index (Phi) is 7.86. The molecular formula is C16H29P. The molecule has 1 aliphatic heterocycles. The van der Waals surface area contributed by atoms with E-state index < -0.39 is 0 Å². The van der Waals surface area contributed by atoms with Crippen LogP contribution >= 0.6 is 8.20 Å². The monoisotopic (exact) mass is 252 g/mol. The average molecular weight is 252 g/mol. The first-order valence-electron chi connectivity index (χ1n) is 7.58. The fourth-order valence-electron chi connectivity index (χ4n) is 2.45. The number of hydrogen-bond acceptors (Lipinski definition) is 0. The van der Waals surface area contributed by atoms with Crippen LogP contribution in [0.25, 0.3) is 0 Å². The van der Waals surface area contributed by atoms with E-state index in [-0.39, 0.29) is 0 Å². The Morgan fingerprint density at radius 1 is 0.824 bits per heavy atom. The van der Waals surface area contributed by atoms with E-state index in [0.29, 0.717) is 0 Å². The van der Waals surface area contributed by atoms with Gasteiger partial charge in [-0.1, -0.05) is 53.8 Å². The Balaban J connectivity index is 2.60. The minimum absolute atomic E-state index is 1.34. The minimum atomic E-state index is 1.34. The highest BCUT2D eigenvalue weighted by molar-refractivity contribution is 7.42. The maximum atomic E-state index is 2.31. The van der Waals surface area contributed by atoms with Crippen molar-refractivity contribution in [2.45, 2.75) is 78.6 Å². The van der Waals surface area contributed by atoms with Crippen LogP contribution in [0.1, 0.15) is 78.6 Å². The van der Waals surface area contributed by atoms with Gasteiger partial charge in [0.25, 0.3) is 0 Å². The van der Waals surface area contributed by atoms with Crippen LogP contribution in [-0.4, -0.2) is 11.5 Å². The number of rotatable bonds is 9. The van der Waals surface area contributed by atoms with Gasteiger partial charge < -0.3 is 0 Å². The van der Waals surface area contributed by atoms with E-state index in [0.717, 1.165) is 0 Å². The minimum Gasteiger partial charge on any atom is -0.0962 e. The van der Waals surface area contributed by atoms with Gasteiger partial charge in [-0.2, -0.15) is 0 Å². The van der Waals surface area contributed by atoms with Crippen molar-refractivity contribution in [3.8, 4) is 0 Å². The van der Waals surface area contributed by atoms with E-state index in [1.807, 2.05) is 5.57 Å². The van der Waals surface area contributed by atoms with Crippen LogP contribution < -0.4 is 0 Å². The zero-order chi connectivity index (χ0) is 12.5. The summed E-state index contributed by atoms with van der Waals surface area (Å²) in [5.41, 5.74) is 3.61. The van der Waals surface area contributed by atoms with Gasteiger partial charge in [0, 0.05) is 6.16 Å². The zero-order valence-corrected chi connectivity index (χ0v) is 12.9. The summed E-state index contributed by atoms with van der Waals surface area (Å²) in [6.45, 7) is 6.92. The average Bonchev–Trinajstić information content (AvgIpc) is 2.73. The zero-order valence-electron chi connectivity index (χ0n) is 12.0. The lowest BCUT2D eigenvalue weighted by Gasteiger charge is -2.11. The quantitative estimate of drug-likeness (QED) is 0.442. The molecule has 0 aromatic carbocycles. The SMILES string of the molecule is CCCCC1=PCC(CCCC)=C1CCCC. The molecule has 0 atom stereocenters. The lowest BCUT2D eigenvalue weighted by molar-refractivity contribution is 0.758. The third-order valence-corrected chi connectivity index (χ3v) is 5.03. The second-order valence-electron chi connectivity index (χ2n) is 5.16. The first kappa shape index (κ1) is 15.0. The highest BCUT2D eigenvalue weighted by atomic mass is 31.1. The van der Waals surface area contributed by atoms with Crippen LogP contribution in [0.4, 0.5) is 0 Å². The highest BCUT2D eigenvalue weighted by Gasteiger charge is 2.16. The molecule has 1 heteroatoms. The molecule has 17 heavy (non-hydrogen) atoms. The third-order valence-electron chi connectivity index (χ3n) is 3.62. The smallest absolute Gasteiger partial charge is 0.0113 e. The van der Waals surface area contributed by atoms with Crippen molar-refractivity contribution < 1.29 is 0 Å². The van der Waals surface area contributed by atoms with E-state index in [4.69, 9.17) is 0 Å². The molecule has 0 saturated carbocycles. The Labute approximate surface area is 110 Å². The van der Waals surface area contributed by atoms with Crippen molar-refractivity contribution >= 4 is 13.5 Å². The summed E-state index contributed by atoms with van der Waals surface area (Å²) in [5, 5.41) is 1.80. The van der Waals surface area contributed by atoms with Crippen LogP contribution in [0.15, 0.2) is 11.1 Å². The first-order chi connectivity index (χ1) is 8.33. The van der Waals surface area contributed by atoms with Gasteiger partial charge in [0.05, 0.1) is 0 Å². The van der Waals surface area contributed by atoms with E-state index in [1.165, 1.54) is 63.9 Å². The Morgan fingerprint density at radius 3 is 2.06 bits per heavy atom. The molecule has 0 aromatic rings. The Bertz CT molecular complexity index is 273. The van der Waals surface area contributed by atoms with Crippen LogP contribution in [0.3, 0.4) is 0 Å². The Morgan fingerprint density at radius 2 is 1.41 bits per heavy atom. The molecule has 0 amide bonds. The summed E-state index contributed by atoms with van der Waals surface area (Å²) in [6, 6.07) is 0. The van der Waals surface area contributed by atoms with Gasteiger partial charge >= 0.3 is 0 Å². The number of hydrogen-bond donors (Lipinski definition) is 0. The van der Waals surface area contributed by atoms with Crippen molar-refractivity contribution in [2.24, 2.45) is 0 Å². The van der Waals surface area contributed by atoms with Crippen molar-refractivity contribution in [2.75, 3.05) is 6.16 Å². The molecule has 0 fully saturated rings. The van der Waals surface area contributed by atoms with E-state index in [1.54, 1.807) is 19.1 Å². The van der Waals surface area contributed by atoms with Crippen molar-refractivity contribution in [1.82, 2.24) is 0 Å². The number of allylic oxidation sites excluding steroid dienone is 2. The lowest BCUT2D eigenvalue weighted by atomic mass is 9.95. The predicted molar refractivity (Wildman–Crippen MR) is 82.4 cm³/mol. The summed E-state index contributed by atoms with van der Waals surface area (Å²) in [6.07, 6.45) is 13.6. The van der Waals surface area contributed by atoms with Gasteiger partial charge in [-0.05, 0) is 49.4 Å². The predicted octanol–water partition coefficient (Wildman–Crippen LogP) is 5.99. The molecule has 0 N–H and O–H groups in total. The molecule has 0 aliphatic carbocycles. The molecule has 1 rings (SSSR count). The maximum Gasteiger partial charge on any atom is 0.0113 e. The van der Waals surface area contributed by atoms with Crippen LogP contribution in [-0.2, 0) is 0 Å². The topological polar surface area (TPSA) is 0 Å². The van der Waals surface area contributed by atoms with Crippen LogP contribution in [0.5, 0.6) is 0 Å². The van der Waals surface area contributed by atoms with Crippen molar-refractivity contribution in [1.29, 1.82) is 0 Å². The fourth-order valence-corrected chi connectivity index (χ4v) is 3.96. The van der Waals surface area contributed by atoms with Gasteiger partial charge in [-0.25, -0.2) is 0 Å². The molecule has 0 aromatic heterocycles. The molecule has 1 heterocycles. The molecule has 0 unspecified atom stereocenters. The molecule has 0 bridgehead atoms. The molecule has 0 nitrogen and oxygen atoms in total. The highest BCUT2D eigenvalue weighted by Crippen LogP contribution is 2.33. The van der Waals surface area contributed by atoms with Gasteiger partial charge in [0.2, 0.25) is 0 Å². The maximum absolute atomic E-state index is 2.31. The second kappa shape index (κ2) is 8.92. The van der Waals surface area contributed by atoms with Crippen molar-refractivity contribution in [3.63, 3.8) is 0 Å². The molecular weight excluding hydrogens is 223 g/mol. The molecule has 0 spiro atoms. The van der Waals surface area contributed by atoms with Crippen LogP contribution in [0.2, 0.25) is 0 Å². The largest absolute Gasteiger partial charge is 0.0962 e. The molecule has 98 valence electrons. The van der Waals surface area contributed by atoms with Gasteiger partial charge in [0.1, 0.15) is 0 Å². The third kappa shape index (κ3) is 4.96. The Hall–Kier alpha value is -0.0900. The van der Waals surface area contributed by atoms with Gasteiger partial charge in [-0.3, -0.25) is 0 Å². The normalized spacial score (nSPS) is 16.5. The summed E-state index contributed by atoms with van der Waals surface area (Å²) < 4.78 is 0. The second-order valence-corrected chi connectivity index (χ2v) is 6.33.